The van der Waals surface area contributed by atoms with E-state index in [1.54, 1.807) is 17.0 Å². The molecule has 3 amide bonds. The molecule has 0 saturated heterocycles. The monoisotopic (exact) mass is 448 g/mol. The largest absolute Gasteiger partial charge is 0.308 e. The highest BCUT2D eigenvalue weighted by Crippen LogP contribution is 2.30. The third kappa shape index (κ3) is 3.86. The molecular weight excluding hydrogens is 424 g/mol. The van der Waals surface area contributed by atoms with Crippen LogP contribution in [0.1, 0.15) is 43.1 Å². The van der Waals surface area contributed by atoms with Gasteiger partial charge >= 0.3 is 0 Å². The molecule has 34 heavy (non-hydrogen) atoms. The predicted octanol–water partition coefficient (Wildman–Crippen LogP) is 5.48. The first kappa shape index (κ1) is 21.6. The van der Waals surface area contributed by atoms with Crippen molar-refractivity contribution in [2.75, 3.05) is 18.0 Å². The number of para-hydroxylation sites is 1. The van der Waals surface area contributed by atoms with Gasteiger partial charge in [-0.05, 0) is 55.1 Å². The van der Waals surface area contributed by atoms with E-state index < -0.39 is 0 Å². The maximum atomic E-state index is 13.3. The topological polar surface area (TPSA) is 57.7 Å². The number of hydrogen-bond acceptors (Lipinski definition) is 3. The van der Waals surface area contributed by atoms with Crippen LogP contribution >= 0.6 is 0 Å². The van der Waals surface area contributed by atoms with Crippen molar-refractivity contribution in [3.05, 3.63) is 113 Å². The molecule has 0 N–H and O–H groups in total. The van der Waals surface area contributed by atoms with Gasteiger partial charge in [0.25, 0.3) is 17.7 Å². The molecule has 0 unspecified atom stereocenters. The summed E-state index contributed by atoms with van der Waals surface area (Å²) in [6.45, 7) is 2.58. The molecule has 0 fully saturated rings. The normalized spacial score (nSPS) is 12.8. The lowest BCUT2D eigenvalue weighted by atomic mass is 9.94. The second kappa shape index (κ2) is 8.94. The van der Waals surface area contributed by atoms with Crippen LogP contribution in [0.3, 0.4) is 0 Å². The highest BCUT2D eigenvalue weighted by Gasteiger charge is 2.32. The lowest BCUT2D eigenvalue weighted by Crippen LogP contribution is -2.42. The number of benzene rings is 4. The number of aryl methyl sites for hydroxylation is 1. The van der Waals surface area contributed by atoms with E-state index in [4.69, 9.17) is 0 Å². The SMILES string of the molecule is Cc1ccc(C(=O)N(CCCN2C(=O)c3cccc4cccc(c34)C2=O)c2ccccc2)cc1. The quantitative estimate of drug-likeness (QED) is 0.367. The standard InChI is InChI=1S/C29H24N2O3/c1-20-14-16-22(17-15-20)27(32)30(23-10-3-2-4-11-23)18-7-19-31-28(33)24-12-5-8-21-9-6-13-25(26(21)24)29(31)34/h2-6,8-17H,7,18-19H2,1H3. The second-order valence-electron chi connectivity index (χ2n) is 8.48. The summed E-state index contributed by atoms with van der Waals surface area (Å²) in [7, 11) is 0. The zero-order chi connectivity index (χ0) is 23.7. The van der Waals surface area contributed by atoms with Gasteiger partial charge in [-0.15, -0.1) is 0 Å². The number of carbonyl (C=O) groups excluding carboxylic acids is 3. The maximum Gasteiger partial charge on any atom is 0.261 e. The molecule has 0 radical (unpaired) electrons. The number of amides is 3. The Hall–Kier alpha value is -4.25. The minimum absolute atomic E-state index is 0.113. The number of rotatable bonds is 6. The molecule has 0 aromatic heterocycles. The Morgan fingerprint density at radius 2 is 1.38 bits per heavy atom. The van der Waals surface area contributed by atoms with E-state index in [1.807, 2.05) is 85.8 Å². The van der Waals surface area contributed by atoms with Crippen LogP contribution in [-0.4, -0.2) is 35.7 Å². The van der Waals surface area contributed by atoms with E-state index in [-0.39, 0.29) is 24.3 Å². The third-order valence-electron chi connectivity index (χ3n) is 6.23. The molecule has 5 rings (SSSR count). The van der Waals surface area contributed by atoms with Crippen LogP contribution < -0.4 is 4.90 Å². The minimum atomic E-state index is -0.287. The molecule has 0 bridgehead atoms. The van der Waals surface area contributed by atoms with Crippen molar-refractivity contribution < 1.29 is 14.4 Å². The number of nitrogens with zero attached hydrogens (tertiary/aromatic N) is 2. The van der Waals surface area contributed by atoms with Gasteiger partial charge in [-0.3, -0.25) is 19.3 Å². The van der Waals surface area contributed by atoms with Crippen LogP contribution in [0.2, 0.25) is 0 Å². The Kier molecular flexibility index (Phi) is 5.68. The average molecular weight is 449 g/mol. The van der Waals surface area contributed by atoms with Crippen LogP contribution in [0, 0.1) is 6.92 Å². The average Bonchev–Trinajstić information content (AvgIpc) is 2.87. The van der Waals surface area contributed by atoms with Gasteiger partial charge in [-0.2, -0.15) is 0 Å². The first-order valence-electron chi connectivity index (χ1n) is 11.4. The molecule has 0 aliphatic carbocycles. The molecule has 0 atom stereocenters. The first-order valence-corrected chi connectivity index (χ1v) is 11.4. The summed E-state index contributed by atoms with van der Waals surface area (Å²) < 4.78 is 0. The molecule has 4 aromatic carbocycles. The van der Waals surface area contributed by atoms with Crippen molar-refractivity contribution in [1.29, 1.82) is 0 Å². The Morgan fingerprint density at radius 3 is 2.00 bits per heavy atom. The predicted molar refractivity (Wildman–Crippen MR) is 133 cm³/mol. The summed E-state index contributed by atoms with van der Waals surface area (Å²) in [4.78, 5) is 42.7. The molecule has 1 aliphatic heterocycles. The molecule has 4 aromatic rings. The zero-order valence-corrected chi connectivity index (χ0v) is 18.9. The van der Waals surface area contributed by atoms with E-state index in [1.165, 1.54) is 4.90 Å². The van der Waals surface area contributed by atoms with Gasteiger partial charge in [0, 0.05) is 40.9 Å². The van der Waals surface area contributed by atoms with Crippen molar-refractivity contribution in [2.24, 2.45) is 0 Å². The van der Waals surface area contributed by atoms with Crippen molar-refractivity contribution in [1.82, 2.24) is 4.90 Å². The van der Waals surface area contributed by atoms with Crippen molar-refractivity contribution >= 4 is 34.2 Å². The van der Waals surface area contributed by atoms with E-state index in [2.05, 4.69) is 0 Å². The van der Waals surface area contributed by atoms with Crippen LogP contribution in [0.25, 0.3) is 10.8 Å². The summed E-state index contributed by atoms with van der Waals surface area (Å²) >= 11 is 0. The third-order valence-corrected chi connectivity index (χ3v) is 6.23. The van der Waals surface area contributed by atoms with Gasteiger partial charge in [0.15, 0.2) is 0 Å². The number of hydrogen-bond donors (Lipinski definition) is 0. The molecule has 168 valence electrons. The fraction of sp³-hybridized carbons (Fsp3) is 0.138. The lowest BCUT2D eigenvalue weighted by Gasteiger charge is -2.29. The van der Waals surface area contributed by atoms with Crippen molar-refractivity contribution in [3.63, 3.8) is 0 Å². The molecular formula is C29H24N2O3. The lowest BCUT2D eigenvalue weighted by molar-refractivity contribution is 0.0610. The zero-order valence-electron chi connectivity index (χ0n) is 18.9. The van der Waals surface area contributed by atoms with Gasteiger partial charge in [0.2, 0.25) is 0 Å². The Morgan fingerprint density at radius 1 is 0.765 bits per heavy atom. The Balaban J connectivity index is 1.37. The van der Waals surface area contributed by atoms with Gasteiger partial charge in [0.1, 0.15) is 0 Å². The van der Waals surface area contributed by atoms with Crippen LogP contribution in [0.4, 0.5) is 5.69 Å². The minimum Gasteiger partial charge on any atom is -0.308 e. The van der Waals surface area contributed by atoms with E-state index in [9.17, 15) is 14.4 Å². The van der Waals surface area contributed by atoms with E-state index >= 15 is 0 Å². The molecule has 0 saturated carbocycles. The Labute approximate surface area is 198 Å². The second-order valence-corrected chi connectivity index (χ2v) is 8.48. The van der Waals surface area contributed by atoms with E-state index in [0.29, 0.717) is 29.7 Å². The highest BCUT2D eigenvalue weighted by atomic mass is 16.2. The van der Waals surface area contributed by atoms with Gasteiger partial charge < -0.3 is 4.90 Å². The number of carbonyl (C=O) groups is 3. The summed E-state index contributed by atoms with van der Waals surface area (Å²) in [6.07, 6.45) is 0.460. The molecule has 5 nitrogen and oxygen atoms in total. The Bertz CT molecular complexity index is 1340. The van der Waals surface area contributed by atoms with Gasteiger partial charge in [0.05, 0.1) is 0 Å². The summed E-state index contributed by atoms with van der Waals surface area (Å²) in [5, 5.41) is 1.60. The van der Waals surface area contributed by atoms with Gasteiger partial charge in [-0.1, -0.05) is 60.2 Å². The molecule has 1 aliphatic rings. The number of anilines is 1. The maximum absolute atomic E-state index is 13.3. The molecule has 0 spiro atoms. The highest BCUT2D eigenvalue weighted by molar-refractivity contribution is 6.25. The van der Waals surface area contributed by atoms with E-state index in [0.717, 1.165) is 22.0 Å². The van der Waals surface area contributed by atoms with Crippen LogP contribution in [0.5, 0.6) is 0 Å². The van der Waals surface area contributed by atoms with Gasteiger partial charge in [-0.25, -0.2) is 0 Å². The fourth-order valence-corrected chi connectivity index (χ4v) is 4.48. The summed E-state index contributed by atoms with van der Waals surface area (Å²) in [5.41, 5.74) is 3.55. The van der Waals surface area contributed by atoms with Crippen molar-refractivity contribution in [2.45, 2.75) is 13.3 Å². The van der Waals surface area contributed by atoms with Crippen LogP contribution in [0.15, 0.2) is 91.0 Å². The molecule has 1 heterocycles. The van der Waals surface area contributed by atoms with Crippen LogP contribution in [-0.2, 0) is 0 Å². The molecule has 5 heteroatoms. The fourth-order valence-electron chi connectivity index (χ4n) is 4.48. The first-order chi connectivity index (χ1) is 16.5. The smallest absolute Gasteiger partial charge is 0.261 e. The number of imide groups is 1. The van der Waals surface area contributed by atoms with Crippen molar-refractivity contribution in [3.8, 4) is 0 Å². The summed E-state index contributed by atoms with van der Waals surface area (Å²) in [5.74, 6) is -0.687. The summed E-state index contributed by atoms with van der Waals surface area (Å²) in [6, 6.07) is 28.0.